The van der Waals surface area contributed by atoms with E-state index in [4.69, 9.17) is 11.6 Å². The number of benzene rings is 2. The average molecular weight is 353 g/mol. The van der Waals surface area contributed by atoms with Gasteiger partial charge in [-0.15, -0.1) is 0 Å². The molecule has 0 spiro atoms. The van der Waals surface area contributed by atoms with Gasteiger partial charge < -0.3 is 5.32 Å². The molecule has 3 heteroatoms. The second kappa shape index (κ2) is 7.14. The Hall–Kier alpha value is -0.990. The molecule has 2 rings (SSSR count). The van der Waals surface area contributed by atoms with Crippen LogP contribution in [0.2, 0.25) is 5.02 Å². The van der Waals surface area contributed by atoms with Crippen molar-refractivity contribution in [3.8, 4) is 0 Å². The predicted molar refractivity (Wildman–Crippen MR) is 91.7 cm³/mol. The van der Waals surface area contributed by atoms with Crippen LogP contribution >= 0.6 is 27.5 Å². The van der Waals surface area contributed by atoms with Gasteiger partial charge in [0.1, 0.15) is 0 Å². The van der Waals surface area contributed by atoms with E-state index in [0.717, 1.165) is 34.4 Å². The van der Waals surface area contributed by atoms with Crippen molar-refractivity contribution in [2.24, 2.45) is 0 Å². The number of halogens is 2. The molecule has 0 heterocycles. The van der Waals surface area contributed by atoms with Gasteiger partial charge in [0.15, 0.2) is 0 Å². The maximum Gasteiger partial charge on any atom is 0.0467 e. The van der Waals surface area contributed by atoms with Gasteiger partial charge in [-0.1, -0.05) is 65.6 Å². The lowest BCUT2D eigenvalue weighted by molar-refractivity contribution is 1.05. The number of rotatable bonds is 5. The van der Waals surface area contributed by atoms with Crippen LogP contribution in [0.3, 0.4) is 0 Å². The zero-order valence-electron chi connectivity index (χ0n) is 11.8. The van der Waals surface area contributed by atoms with Gasteiger partial charge in [-0.25, -0.2) is 0 Å². The fourth-order valence-corrected chi connectivity index (χ4v) is 3.06. The lowest BCUT2D eigenvalue weighted by atomic mass is 10.0. The largest absolute Gasteiger partial charge is 0.380 e. The van der Waals surface area contributed by atoms with Crippen molar-refractivity contribution in [2.75, 3.05) is 5.32 Å². The summed E-state index contributed by atoms with van der Waals surface area (Å²) in [6.45, 7) is 5.12. The molecule has 0 amide bonds. The number of aryl methyl sites for hydroxylation is 2. The fraction of sp³-hybridized carbons (Fsp3) is 0.294. The molecule has 1 nitrogen and oxygen atoms in total. The number of hydrogen-bond donors (Lipinski definition) is 1. The lowest BCUT2D eigenvalue weighted by Gasteiger charge is -2.16. The van der Waals surface area contributed by atoms with Crippen LogP contribution in [0, 0.1) is 0 Å². The molecular weight excluding hydrogens is 334 g/mol. The zero-order valence-corrected chi connectivity index (χ0v) is 14.2. The van der Waals surface area contributed by atoms with Crippen molar-refractivity contribution >= 4 is 33.2 Å². The van der Waals surface area contributed by atoms with E-state index in [9.17, 15) is 0 Å². The topological polar surface area (TPSA) is 12.0 Å². The molecule has 2 aromatic carbocycles. The van der Waals surface area contributed by atoms with E-state index in [0.29, 0.717) is 0 Å². The Kier molecular flexibility index (Phi) is 5.50. The van der Waals surface area contributed by atoms with Crippen LogP contribution in [0.5, 0.6) is 0 Å². The molecule has 0 aromatic heterocycles. The molecule has 0 fully saturated rings. The first-order chi connectivity index (χ1) is 9.65. The molecule has 0 bridgehead atoms. The Morgan fingerprint density at radius 3 is 2.20 bits per heavy atom. The van der Waals surface area contributed by atoms with E-state index in [1.54, 1.807) is 0 Å². The molecule has 0 unspecified atom stereocenters. The molecule has 0 aliphatic carbocycles. The van der Waals surface area contributed by atoms with Crippen LogP contribution in [-0.2, 0) is 19.4 Å². The Bertz CT molecular complexity index is 573. The number of para-hydroxylation sites is 1. The van der Waals surface area contributed by atoms with Gasteiger partial charge in [-0.05, 0) is 41.7 Å². The average Bonchev–Trinajstić information content (AvgIpc) is 2.46. The van der Waals surface area contributed by atoms with Crippen LogP contribution < -0.4 is 5.32 Å². The van der Waals surface area contributed by atoms with Crippen molar-refractivity contribution in [3.63, 3.8) is 0 Å². The molecule has 2 aromatic rings. The maximum absolute atomic E-state index is 6.27. The maximum atomic E-state index is 6.27. The lowest BCUT2D eigenvalue weighted by Crippen LogP contribution is -2.05. The third kappa shape index (κ3) is 3.56. The molecule has 20 heavy (non-hydrogen) atoms. The number of anilines is 1. The van der Waals surface area contributed by atoms with Crippen LogP contribution in [0.4, 0.5) is 5.69 Å². The van der Waals surface area contributed by atoms with Gasteiger partial charge in [0.25, 0.3) is 0 Å². The van der Waals surface area contributed by atoms with Crippen molar-refractivity contribution in [2.45, 2.75) is 33.2 Å². The first kappa shape index (κ1) is 15.4. The normalized spacial score (nSPS) is 10.6. The minimum atomic E-state index is 0.746. The highest BCUT2D eigenvalue weighted by atomic mass is 79.9. The summed E-state index contributed by atoms with van der Waals surface area (Å²) >= 11 is 9.71. The summed E-state index contributed by atoms with van der Waals surface area (Å²) < 4.78 is 1.01. The molecule has 1 N–H and O–H groups in total. The van der Waals surface area contributed by atoms with Gasteiger partial charge in [-0.2, -0.15) is 0 Å². The molecule has 106 valence electrons. The van der Waals surface area contributed by atoms with E-state index in [2.05, 4.69) is 59.4 Å². The standard InChI is InChI=1S/C17H19BrClN/c1-3-12-6-5-7-13(4-2)17(12)20-11-14-8-9-15(18)10-16(14)19/h5-10,20H,3-4,11H2,1-2H3. The van der Waals surface area contributed by atoms with E-state index < -0.39 is 0 Å². The van der Waals surface area contributed by atoms with E-state index >= 15 is 0 Å². The minimum absolute atomic E-state index is 0.746. The third-order valence-electron chi connectivity index (χ3n) is 3.47. The fourth-order valence-electron chi connectivity index (χ4n) is 2.32. The highest BCUT2D eigenvalue weighted by Crippen LogP contribution is 2.26. The highest BCUT2D eigenvalue weighted by molar-refractivity contribution is 9.10. The summed E-state index contributed by atoms with van der Waals surface area (Å²) in [6, 6.07) is 12.5. The van der Waals surface area contributed by atoms with Gasteiger partial charge in [0.2, 0.25) is 0 Å². The van der Waals surface area contributed by atoms with Crippen LogP contribution in [-0.4, -0.2) is 0 Å². The smallest absolute Gasteiger partial charge is 0.0467 e. The molecule has 0 aliphatic heterocycles. The van der Waals surface area contributed by atoms with Crippen LogP contribution in [0.1, 0.15) is 30.5 Å². The van der Waals surface area contributed by atoms with Crippen LogP contribution in [0.15, 0.2) is 40.9 Å². The van der Waals surface area contributed by atoms with Gasteiger partial charge in [-0.3, -0.25) is 0 Å². The first-order valence-electron chi connectivity index (χ1n) is 6.94. The molecule has 0 radical (unpaired) electrons. The summed E-state index contributed by atoms with van der Waals surface area (Å²) in [5.74, 6) is 0. The second-order valence-electron chi connectivity index (χ2n) is 4.75. The highest BCUT2D eigenvalue weighted by Gasteiger charge is 2.07. The summed E-state index contributed by atoms with van der Waals surface area (Å²) in [5, 5.41) is 4.35. The van der Waals surface area contributed by atoms with Crippen molar-refractivity contribution in [1.29, 1.82) is 0 Å². The zero-order chi connectivity index (χ0) is 14.5. The second-order valence-corrected chi connectivity index (χ2v) is 6.07. The predicted octanol–water partition coefficient (Wildman–Crippen LogP) is 5.84. The Balaban J connectivity index is 2.22. The quantitative estimate of drug-likeness (QED) is 0.713. The van der Waals surface area contributed by atoms with Crippen LogP contribution in [0.25, 0.3) is 0 Å². The van der Waals surface area contributed by atoms with E-state index in [1.165, 1.54) is 16.8 Å². The van der Waals surface area contributed by atoms with Crippen molar-refractivity contribution in [3.05, 3.63) is 62.6 Å². The summed E-state index contributed by atoms with van der Waals surface area (Å²) in [5.41, 5.74) is 5.09. The Labute approximate surface area is 134 Å². The minimum Gasteiger partial charge on any atom is -0.380 e. The van der Waals surface area contributed by atoms with Crippen molar-refractivity contribution < 1.29 is 0 Å². The van der Waals surface area contributed by atoms with Gasteiger partial charge >= 0.3 is 0 Å². The van der Waals surface area contributed by atoms with Gasteiger partial charge in [0, 0.05) is 21.7 Å². The molecular formula is C17H19BrClN. The summed E-state index contributed by atoms with van der Waals surface area (Å²) in [4.78, 5) is 0. The number of hydrogen-bond acceptors (Lipinski definition) is 1. The first-order valence-corrected chi connectivity index (χ1v) is 8.11. The summed E-state index contributed by atoms with van der Waals surface area (Å²) in [7, 11) is 0. The molecule has 0 atom stereocenters. The number of nitrogens with one attached hydrogen (secondary N) is 1. The Morgan fingerprint density at radius 2 is 1.65 bits per heavy atom. The molecule has 0 aliphatic rings. The monoisotopic (exact) mass is 351 g/mol. The molecule has 0 saturated heterocycles. The molecule has 0 saturated carbocycles. The SMILES string of the molecule is CCc1cccc(CC)c1NCc1ccc(Br)cc1Cl. The van der Waals surface area contributed by atoms with Crippen molar-refractivity contribution in [1.82, 2.24) is 0 Å². The summed E-state index contributed by atoms with van der Waals surface area (Å²) in [6.07, 6.45) is 2.06. The third-order valence-corrected chi connectivity index (χ3v) is 4.31. The van der Waals surface area contributed by atoms with Gasteiger partial charge in [0.05, 0.1) is 0 Å². The van der Waals surface area contributed by atoms with E-state index in [-0.39, 0.29) is 0 Å². The van der Waals surface area contributed by atoms with E-state index in [1.807, 2.05) is 12.1 Å². The Morgan fingerprint density at radius 1 is 1.00 bits per heavy atom.